The number of nitrogens with one attached hydrogen (secondary N) is 1. The molecule has 2 aliphatic heterocycles. The van der Waals surface area contributed by atoms with Crippen LogP contribution in [0.4, 0.5) is 4.39 Å². The lowest BCUT2D eigenvalue weighted by atomic mass is 9.86. The lowest BCUT2D eigenvalue weighted by molar-refractivity contribution is 0.268. The molecular formula is C15H22ClFN2O. The van der Waals surface area contributed by atoms with Crippen molar-refractivity contribution in [1.82, 2.24) is 10.2 Å². The minimum Gasteiger partial charge on any atom is -0.494 e. The third kappa shape index (κ3) is 3.08. The second kappa shape index (κ2) is 6.29. The van der Waals surface area contributed by atoms with Crippen molar-refractivity contribution >= 4 is 12.4 Å². The number of halogens is 2. The predicted octanol–water partition coefficient (Wildman–Crippen LogP) is 2.44. The van der Waals surface area contributed by atoms with Gasteiger partial charge >= 0.3 is 0 Å². The van der Waals surface area contributed by atoms with Gasteiger partial charge in [-0.15, -0.1) is 12.4 Å². The Hall–Kier alpha value is -0.840. The topological polar surface area (TPSA) is 24.5 Å². The molecule has 20 heavy (non-hydrogen) atoms. The molecule has 5 heteroatoms. The highest BCUT2D eigenvalue weighted by Crippen LogP contribution is 2.36. The third-order valence-electron chi connectivity index (χ3n) is 4.47. The van der Waals surface area contributed by atoms with Gasteiger partial charge < -0.3 is 10.1 Å². The summed E-state index contributed by atoms with van der Waals surface area (Å²) in [6.45, 7) is 5.37. The van der Waals surface area contributed by atoms with Crippen LogP contribution in [0.5, 0.6) is 5.75 Å². The molecule has 0 amide bonds. The van der Waals surface area contributed by atoms with Crippen LogP contribution in [0, 0.1) is 11.2 Å². The van der Waals surface area contributed by atoms with Crippen LogP contribution in [0.2, 0.25) is 0 Å². The number of nitrogens with zero attached hydrogens (tertiary/aromatic N) is 1. The maximum absolute atomic E-state index is 13.7. The third-order valence-corrected chi connectivity index (χ3v) is 4.47. The molecule has 1 aromatic carbocycles. The van der Waals surface area contributed by atoms with E-state index in [-0.39, 0.29) is 18.2 Å². The van der Waals surface area contributed by atoms with Gasteiger partial charge in [0, 0.05) is 19.6 Å². The fourth-order valence-corrected chi connectivity index (χ4v) is 3.37. The monoisotopic (exact) mass is 300 g/mol. The van der Waals surface area contributed by atoms with Crippen LogP contribution >= 0.6 is 12.4 Å². The van der Waals surface area contributed by atoms with Crippen LogP contribution in [0.3, 0.4) is 0 Å². The largest absolute Gasteiger partial charge is 0.494 e. The SMILES string of the molecule is COc1ccc(CN2CCC3(CCNC3)C2)cc1F.Cl. The van der Waals surface area contributed by atoms with Gasteiger partial charge in [-0.1, -0.05) is 6.07 Å². The van der Waals surface area contributed by atoms with E-state index in [1.807, 2.05) is 6.07 Å². The molecule has 2 aliphatic rings. The standard InChI is InChI=1S/C15H21FN2O.ClH/c1-19-14-3-2-12(8-13(14)16)9-18-7-5-15(11-18)4-6-17-10-15;/h2-3,8,17H,4-7,9-11H2,1H3;1H. The van der Waals surface area contributed by atoms with E-state index in [4.69, 9.17) is 4.74 Å². The highest BCUT2D eigenvalue weighted by Gasteiger charge is 2.39. The Morgan fingerprint density at radius 3 is 2.90 bits per heavy atom. The highest BCUT2D eigenvalue weighted by molar-refractivity contribution is 5.85. The number of ether oxygens (including phenoxy) is 1. The van der Waals surface area contributed by atoms with Crippen LogP contribution in [0.15, 0.2) is 18.2 Å². The number of likely N-dealkylation sites (tertiary alicyclic amines) is 1. The average Bonchev–Trinajstić information content (AvgIpc) is 3.01. The molecule has 0 bridgehead atoms. The Labute approximate surface area is 125 Å². The Kier molecular flexibility index (Phi) is 4.89. The van der Waals surface area contributed by atoms with Gasteiger partial charge in [0.05, 0.1) is 7.11 Å². The molecule has 3 rings (SSSR count). The fraction of sp³-hybridized carbons (Fsp3) is 0.600. The molecule has 1 N–H and O–H groups in total. The minimum atomic E-state index is -0.267. The molecule has 2 fully saturated rings. The highest BCUT2D eigenvalue weighted by atomic mass is 35.5. The van der Waals surface area contributed by atoms with Crippen LogP contribution in [-0.4, -0.2) is 38.2 Å². The molecule has 2 heterocycles. The quantitative estimate of drug-likeness (QED) is 0.928. The maximum Gasteiger partial charge on any atom is 0.165 e. The van der Waals surface area contributed by atoms with Gasteiger partial charge in [-0.3, -0.25) is 4.90 Å². The minimum absolute atomic E-state index is 0. The lowest BCUT2D eigenvalue weighted by Crippen LogP contribution is -2.28. The number of methoxy groups -OCH3 is 1. The molecule has 1 unspecified atom stereocenters. The summed E-state index contributed by atoms with van der Waals surface area (Å²) in [5, 5.41) is 3.46. The van der Waals surface area contributed by atoms with Crippen molar-refractivity contribution in [3.05, 3.63) is 29.6 Å². The summed E-state index contributed by atoms with van der Waals surface area (Å²) in [4.78, 5) is 2.44. The Morgan fingerprint density at radius 2 is 2.25 bits per heavy atom. The predicted molar refractivity (Wildman–Crippen MR) is 80.0 cm³/mol. The van der Waals surface area contributed by atoms with E-state index in [9.17, 15) is 4.39 Å². The van der Waals surface area contributed by atoms with E-state index in [0.29, 0.717) is 11.2 Å². The van der Waals surface area contributed by atoms with Gasteiger partial charge in [0.25, 0.3) is 0 Å². The number of rotatable bonds is 3. The molecular weight excluding hydrogens is 279 g/mol. The normalized spacial score (nSPS) is 25.9. The second-order valence-electron chi connectivity index (χ2n) is 5.86. The smallest absolute Gasteiger partial charge is 0.165 e. The van der Waals surface area contributed by atoms with Gasteiger partial charge in [-0.25, -0.2) is 4.39 Å². The van der Waals surface area contributed by atoms with E-state index >= 15 is 0 Å². The van der Waals surface area contributed by atoms with Crippen molar-refractivity contribution < 1.29 is 9.13 Å². The summed E-state index contributed by atoms with van der Waals surface area (Å²) < 4.78 is 18.6. The van der Waals surface area contributed by atoms with Crippen LogP contribution in [-0.2, 0) is 6.54 Å². The van der Waals surface area contributed by atoms with Crippen molar-refractivity contribution in [1.29, 1.82) is 0 Å². The number of benzene rings is 1. The van der Waals surface area contributed by atoms with Crippen molar-refractivity contribution in [3.63, 3.8) is 0 Å². The van der Waals surface area contributed by atoms with Crippen molar-refractivity contribution in [2.45, 2.75) is 19.4 Å². The molecule has 3 nitrogen and oxygen atoms in total. The molecule has 1 spiro atoms. The first-order chi connectivity index (χ1) is 9.21. The second-order valence-corrected chi connectivity index (χ2v) is 5.86. The molecule has 1 atom stereocenters. The summed E-state index contributed by atoms with van der Waals surface area (Å²) in [7, 11) is 1.50. The number of hydrogen-bond donors (Lipinski definition) is 1. The van der Waals surface area contributed by atoms with Gasteiger partial charge in [0.1, 0.15) is 0 Å². The first-order valence-corrected chi connectivity index (χ1v) is 6.96. The van der Waals surface area contributed by atoms with E-state index in [2.05, 4.69) is 10.2 Å². The van der Waals surface area contributed by atoms with Gasteiger partial charge in [0.15, 0.2) is 11.6 Å². The molecule has 0 aromatic heterocycles. The zero-order valence-electron chi connectivity index (χ0n) is 11.8. The van der Waals surface area contributed by atoms with Gasteiger partial charge in [0.2, 0.25) is 0 Å². The first-order valence-electron chi connectivity index (χ1n) is 6.96. The fourth-order valence-electron chi connectivity index (χ4n) is 3.37. The molecule has 1 aromatic rings. The zero-order valence-corrected chi connectivity index (χ0v) is 12.6. The van der Waals surface area contributed by atoms with Crippen LogP contribution < -0.4 is 10.1 Å². The summed E-state index contributed by atoms with van der Waals surface area (Å²) in [6, 6.07) is 5.27. The summed E-state index contributed by atoms with van der Waals surface area (Å²) in [5.74, 6) is 0.0538. The molecule has 0 aliphatic carbocycles. The lowest BCUT2D eigenvalue weighted by Gasteiger charge is -2.22. The molecule has 2 saturated heterocycles. The zero-order chi connectivity index (χ0) is 13.3. The molecule has 112 valence electrons. The average molecular weight is 301 g/mol. The van der Waals surface area contributed by atoms with Gasteiger partial charge in [-0.2, -0.15) is 0 Å². The van der Waals surface area contributed by atoms with E-state index in [1.54, 1.807) is 12.1 Å². The molecule has 0 radical (unpaired) electrons. The number of hydrogen-bond acceptors (Lipinski definition) is 3. The van der Waals surface area contributed by atoms with E-state index < -0.39 is 0 Å². The van der Waals surface area contributed by atoms with Crippen molar-refractivity contribution in [2.24, 2.45) is 5.41 Å². The summed E-state index contributed by atoms with van der Waals surface area (Å²) >= 11 is 0. The summed E-state index contributed by atoms with van der Waals surface area (Å²) in [6.07, 6.45) is 2.54. The van der Waals surface area contributed by atoms with E-state index in [0.717, 1.165) is 38.3 Å². The van der Waals surface area contributed by atoms with Crippen molar-refractivity contribution in [2.75, 3.05) is 33.3 Å². The Bertz CT molecular complexity index is 463. The Morgan fingerprint density at radius 1 is 1.40 bits per heavy atom. The van der Waals surface area contributed by atoms with Crippen LogP contribution in [0.25, 0.3) is 0 Å². The van der Waals surface area contributed by atoms with E-state index in [1.165, 1.54) is 20.0 Å². The molecule has 0 saturated carbocycles. The van der Waals surface area contributed by atoms with Gasteiger partial charge in [-0.05, 0) is 49.0 Å². The van der Waals surface area contributed by atoms with Crippen molar-refractivity contribution in [3.8, 4) is 5.75 Å². The summed E-state index contributed by atoms with van der Waals surface area (Å²) in [5.41, 5.74) is 1.51. The maximum atomic E-state index is 13.7. The first kappa shape index (κ1) is 15.5. The Balaban J connectivity index is 0.00000147. The van der Waals surface area contributed by atoms with Crippen LogP contribution in [0.1, 0.15) is 18.4 Å².